The maximum absolute atomic E-state index is 5.79. The molecule has 0 radical (unpaired) electrons. The van der Waals surface area contributed by atoms with Gasteiger partial charge in [-0.15, -0.1) is 11.6 Å². The van der Waals surface area contributed by atoms with Crippen LogP contribution in [0.5, 0.6) is 0 Å². The maximum atomic E-state index is 5.79. The SMILES string of the molecule is Cc1nc(-c2ccccc2)ccc1CCl. The van der Waals surface area contributed by atoms with Crippen molar-refractivity contribution >= 4 is 11.6 Å². The predicted octanol–water partition coefficient (Wildman–Crippen LogP) is 3.80. The molecule has 76 valence electrons. The van der Waals surface area contributed by atoms with Crippen molar-refractivity contribution in [3.63, 3.8) is 0 Å². The molecule has 0 saturated heterocycles. The summed E-state index contributed by atoms with van der Waals surface area (Å²) in [5.41, 5.74) is 4.24. The minimum atomic E-state index is 0.522. The summed E-state index contributed by atoms with van der Waals surface area (Å²) < 4.78 is 0. The van der Waals surface area contributed by atoms with Crippen LogP contribution in [-0.4, -0.2) is 4.98 Å². The average Bonchev–Trinajstić information content (AvgIpc) is 2.30. The van der Waals surface area contributed by atoms with Crippen molar-refractivity contribution in [2.24, 2.45) is 0 Å². The van der Waals surface area contributed by atoms with E-state index in [0.717, 1.165) is 22.5 Å². The van der Waals surface area contributed by atoms with E-state index in [1.165, 1.54) is 0 Å². The number of alkyl halides is 1. The number of rotatable bonds is 2. The van der Waals surface area contributed by atoms with Crippen LogP contribution in [0.1, 0.15) is 11.3 Å². The molecule has 1 heterocycles. The summed E-state index contributed by atoms with van der Waals surface area (Å²) in [5, 5.41) is 0. The zero-order valence-corrected chi connectivity index (χ0v) is 9.33. The van der Waals surface area contributed by atoms with Gasteiger partial charge in [-0.3, -0.25) is 4.98 Å². The minimum Gasteiger partial charge on any atom is -0.253 e. The molecule has 2 rings (SSSR count). The van der Waals surface area contributed by atoms with Crippen molar-refractivity contribution in [3.8, 4) is 11.3 Å². The van der Waals surface area contributed by atoms with Gasteiger partial charge in [0.2, 0.25) is 0 Å². The van der Waals surface area contributed by atoms with Crippen LogP contribution in [0, 0.1) is 6.92 Å². The van der Waals surface area contributed by atoms with E-state index in [-0.39, 0.29) is 0 Å². The molecule has 0 aliphatic carbocycles. The van der Waals surface area contributed by atoms with Crippen LogP contribution in [0.3, 0.4) is 0 Å². The molecule has 0 spiro atoms. The number of benzene rings is 1. The van der Waals surface area contributed by atoms with Crippen LogP contribution in [0.25, 0.3) is 11.3 Å². The van der Waals surface area contributed by atoms with E-state index in [2.05, 4.69) is 17.1 Å². The third-order valence-electron chi connectivity index (χ3n) is 2.41. The molecule has 0 bridgehead atoms. The minimum absolute atomic E-state index is 0.522. The molecule has 1 aromatic carbocycles. The molecule has 15 heavy (non-hydrogen) atoms. The van der Waals surface area contributed by atoms with Gasteiger partial charge >= 0.3 is 0 Å². The second kappa shape index (κ2) is 4.45. The monoisotopic (exact) mass is 217 g/mol. The predicted molar refractivity (Wildman–Crippen MR) is 64.0 cm³/mol. The number of aromatic nitrogens is 1. The Morgan fingerprint density at radius 2 is 1.80 bits per heavy atom. The Balaban J connectivity index is 2.43. The van der Waals surface area contributed by atoms with Gasteiger partial charge in [0.25, 0.3) is 0 Å². The van der Waals surface area contributed by atoms with Crippen molar-refractivity contribution in [2.45, 2.75) is 12.8 Å². The zero-order valence-electron chi connectivity index (χ0n) is 8.57. The highest BCUT2D eigenvalue weighted by atomic mass is 35.5. The van der Waals surface area contributed by atoms with Crippen molar-refractivity contribution in [2.75, 3.05) is 0 Å². The lowest BCUT2D eigenvalue weighted by Crippen LogP contribution is -1.91. The van der Waals surface area contributed by atoms with Crippen molar-refractivity contribution in [3.05, 3.63) is 53.7 Å². The lowest BCUT2D eigenvalue weighted by molar-refractivity contribution is 1.14. The van der Waals surface area contributed by atoms with E-state index in [1.54, 1.807) is 0 Å². The molecule has 2 aromatic rings. The van der Waals surface area contributed by atoms with Crippen LogP contribution in [-0.2, 0) is 5.88 Å². The Morgan fingerprint density at radius 1 is 1.07 bits per heavy atom. The van der Waals surface area contributed by atoms with Crippen LogP contribution < -0.4 is 0 Å². The number of pyridine rings is 1. The fraction of sp³-hybridized carbons (Fsp3) is 0.154. The van der Waals surface area contributed by atoms with Gasteiger partial charge in [0.1, 0.15) is 0 Å². The Kier molecular flexibility index (Phi) is 3.02. The fourth-order valence-electron chi connectivity index (χ4n) is 1.50. The quantitative estimate of drug-likeness (QED) is 0.698. The summed E-state index contributed by atoms with van der Waals surface area (Å²) in [6.07, 6.45) is 0. The summed E-state index contributed by atoms with van der Waals surface area (Å²) in [4.78, 5) is 4.53. The molecule has 0 atom stereocenters. The van der Waals surface area contributed by atoms with Gasteiger partial charge in [0, 0.05) is 17.1 Å². The highest BCUT2D eigenvalue weighted by Gasteiger charge is 2.02. The summed E-state index contributed by atoms with van der Waals surface area (Å²) in [6.45, 7) is 1.99. The Morgan fingerprint density at radius 3 is 2.40 bits per heavy atom. The zero-order chi connectivity index (χ0) is 10.7. The molecule has 1 aromatic heterocycles. The van der Waals surface area contributed by atoms with Gasteiger partial charge in [-0.05, 0) is 18.6 Å². The van der Waals surface area contributed by atoms with Gasteiger partial charge in [0.05, 0.1) is 5.69 Å². The first-order chi connectivity index (χ1) is 7.31. The van der Waals surface area contributed by atoms with E-state index in [0.29, 0.717) is 5.88 Å². The molecule has 1 nitrogen and oxygen atoms in total. The first-order valence-electron chi connectivity index (χ1n) is 4.89. The topological polar surface area (TPSA) is 12.9 Å². The Bertz CT molecular complexity index is 451. The van der Waals surface area contributed by atoms with Gasteiger partial charge in [-0.25, -0.2) is 0 Å². The number of halogens is 1. The molecular weight excluding hydrogens is 206 g/mol. The van der Waals surface area contributed by atoms with Crippen molar-refractivity contribution in [1.29, 1.82) is 0 Å². The molecule has 0 aliphatic rings. The molecule has 2 heteroatoms. The summed E-state index contributed by atoms with van der Waals surface area (Å²) >= 11 is 5.79. The molecule has 0 fully saturated rings. The first-order valence-corrected chi connectivity index (χ1v) is 5.42. The smallest absolute Gasteiger partial charge is 0.0705 e. The van der Waals surface area contributed by atoms with E-state index < -0.39 is 0 Å². The Hall–Kier alpha value is -1.34. The van der Waals surface area contributed by atoms with Gasteiger partial charge in [0.15, 0.2) is 0 Å². The second-order valence-corrected chi connectivity index (χ2v) is 3.71. The average molecular weight is 218 g/mol. The van der Waals surface area contributed by atoms with E-state index in [9.17, 15) is 0 Å². The van der Waals surface area contributed by atoms with E-state index in [4.69, 9.17) is 11.6 Å². The number of hydrogen-bond acceptors (Lipinski definition) is 1. The van der Waals surface area contributed by atoms with Crippen molar-refractivity contribution in [1.82, 2.24) is 4.98 Å². The summed E-state index contributed by atoms with van der Waals surface area (Å²) in [7, 11) is 0. The van der Waals surface area contributed by atoms with E-state index >= 15 is 0 Å². The van der Waals surface area contributed by atoms with Crippen LogP contribution in [0.2, 0.25) is 0 Å². The maximum Gasteiger partial charge on any atom is 0.0705 e. The molecule has 0 aliphatic heterocycles. The van der Waals surface area contributed by atoms with Crippen LogP contribution >= 0.6 is 11.6 Å². The molecule has 0 saturated carbocycles. The van der Waals surface area contributed by atoms with Gasteiger partial charge < -0.3 is 0 Å². The highest BCUT2D eigenvalue weighted by Crippen LogP contribution is 2.19. The molecule has 0 unspecified atom stereocenters. The second-order valence-electron chi connectivity index (χ2n) is 3.44. The van der Waals surface area contributed by atoms with Crippen LogP contribution in [0.15, 0.2) is 42.5 Å². The van der Waals surface area contributed by atoms with Gasteiger partial charge in [-0.1, -0.05) is 36.4 Å². The molecule has 0 N–H and O–H groups in total. The largest absolute Gasteiger partial charge is 0.253 e. The summed E-state index contributed by atoms with van der Waals surface area (Å²) in [6, 6.07) is 14.2. The number of aryl methyl sites for hydroxylation is 1. The van der Waals surface area contributed by atoms with Gasteiger partial charge in [-0.2, -0.15) is 0 Å². The third kappa shape index (κ3) is 2.18. The lowest BCUT2D eigenvalue weighted by atomic mass is 10.1. The lowest BCUT2D eigenvalue weighted by Gasteiger charge is -2.05. The first kappa shape index (κ1) is 10.2. The number of hydrogen-bond donors (Lipinski definition) is 0. The number of nitrogens with zero attached hydrogens (tertiary/aromatic N) is 1. The highest BCUT2D eigenvalue weighted by molar-refractivity contribution is 6.17. The Labute approximate surface area is 94.7 Å². The van der Waals surface area contributed by atoms with Crippen molar-refractivity contribution < 1.29 is 0 Å². The normalized spacial score (nSPS) is 10.3. The third-order valence-corrected chi connectivity index (χ3v) is 2.70. The summed E-state index contributed by atoms with van der Waals surface area (Å²) in [5.74, 6) is 0.522. The van der Waals surface area contributed by atoms with Crippen LogP contribution in [0.4, 0.5) is 0 Å². The molecular formula is C13H12ClN. The standard InChI is InChI=1S/C13H12ClN/c1-10-12(9-14)7-8-13(15-10)11-5-3-2-4-6-11/h2-8H,9H2,1H3. The molecule has 0 amide bonds. The fourth-order valence-corrected chi connectivity index (χ4v) is 1.78. The van der Waals surface area contributed by atoms with E-state index in [1.807, 2.05) is 37.3 Å².